The van der Waals surface area contributed by atoms with Gasteiger partial charge in [0.05, 0.1) is 24.1 Å². The number of nitrogens with zero attached hydrogens (tertiary/aromatic N) is 1. The number of carbonyl (C=O) groups excluding carboxylic acids is 1. The molecule has 2 aromatic rings. The Morgan fingerprint density at radius 1 is 1.17 bits per heavy atom. The Bertz CT molecular complexity index is 717. The van der Waals surface area contributed by atoms with Gasteiger partial charge in [-0.1, -0.05) is 18.2 Å². The Balaban J connectivity index is 1.96. The summed E-state index contributed by atoms with van der Waals surface area (Å²) in [6.07, 6.45) is 0. The van der Waals surface area contributed by atoms with Gasteiger partial charge in [-0.05, 0) is 49.2 Å². The summed E-state index contributed by atoms with van der Waals surface area (Å²) in [6, 6.07) is 15.7. The number of hydrogen-bond donors (Lipinski definition) is 2. The number of para-hydroxylation sites is 1. The summed E-state index contributed by atoms with van der Waals surface area (Å²) in [5.74, 6) is 0.238. The molecule has 0 bridgehead atoms. The minimum absolute atomic E-state index is 0.117. The highest BCUT2D eigenvalue weighted by Crippen LogP contribution is 2.26. The standard InChI is InChI=1S/C18H19N3OS/c1-13-9-14(2)11-15(10-13)20-12-18(22)21-16-5-3-4-6-17(16)23-8-7-19/h3-6,9-11,20H,8,12H2,1-2H3,(H,21,22). The summed E-state index contributed by atoms with van der Waals surface area (Å²) in [4.78, 5) is 13.0. The van der Waals surface area contributed by atoms with Crippen molar-refractivity contribution >= 4 is 29.0 Å². The zero-order valence-electron chi connectivity index (χ0n) is 13.2. The van der Waals surface area contributed by atoms with E-state index in [2.05, 4.69) is 22.8 Å². The summed E-state index contributed by atoms with van der Waals surface area (Å²) < 4.78 is 0. The van der Waals surface area contributed by atoms with Crippen molar-refractivity contribution in [3.63, 3.8) is 0 Å². The van der Waals surface area contributed by atoms with E-state index in [1.165, 1.54) is 11.8 Å². The van der Waals surface area contributed by atoms with E-state index in [0.29, 0.717) is 5.75 Å². The van der Waals surface area contributed by atoms with Gasteiger partial charge in [-0.25, -0.2) is 0 Å². The quantitative estimate of drug-likeness (QED) is 0.789. The molecule has 0 atom stereocenters. The van der Waals surface area contributed by atoms with Crippen molar-refractivity contribution in [1.29, 1.82) is 5.26 Å². The van der Waals surface area contributed by atoms with Crippen LogP contribution in [-0.2, 0) is 4.79 Å². The van der Waals surface area contributed by atoms with Crippen molar-refractivity contribution in [2.24, 2.45) is 0 Å². The molecule has 0 aliphatic carbocycles. The zero-order valence-corrected chi connectivity index (χ0v) is 14.0. The van der Waals surface area contributed by atoms with E-state index in [-0.39, 0.29) is 12.5 Å². The van der Waals surface area contributed by atoms with Crippen LogP contribution in [0.4, 0.5) is 11.4 Å². The van der Waals surface area contributed by atoms with Crippen LogP contribution in [0.5, 0.6) is 0 Å². The number of anilines is 2. The molecule has 0 aromatic heterocycles. The predicted molar refractivity (Wildman–Crippen MR) is 95.8 cm³/mol. The van der Waals surface area contributed by atoms with Gasteiger partial charge in [0, 0.05) is 10.6 Å². The minimum atomic E-state index is -0.117. The molecule has 0 aliphatic rings. The molecule has 0 heterocycles. The van der Waals surface area contributed by atoms with Gasteiger partial charge >= 0.3 is 0 Å². The van der Waals surface area contributed by atoms with Crippen LogP contribution in [-0.4, -0.2) is 18.2 Å². The number of nitriles is 1. The van der Waals surface area contributed by atoms with Crippen LogP contribution in [0.25, 0.3) is 0 Å². The van der Waals surface area contributed by atoms with E-state index >= 15 is 0 Å². The fraction of sp³-hybridized carbons (Fsp3) is 0.222. The number of benzene rings is 2. The third-order valence-electron chi connectivity index (χ3n) is 3.13. The van der Waals surface area contributed by atoms with Crippen LogP contribution in [0, 0.1) is 25.2 Å². The minimum Gasteiger partial charge on any atom is -0.376 e. The molecular weight excluding hydrogens is 306 g/mol. The average Bonchev–Trinajstić information content (AvgIpc) is 2.51. The van der Waals surface area contributed by atoms with E-state index in [9.17, 15) is 4.79 Å². The molecule has 23 heavy (non-hydrogen) atoms. The maximum atomic E-state index is 12.1. The maximum absolute atomic E-state index is 12.1. The van der Waals surface area contributed by atoms with E-state index in [1.807, 2.05) is 50.2 Å². The summed E-state index contributed by atoms with van der Waals surface area (Å²) in [5, 5.41) is 14.7. The molecule has 4 nitrogen and oxygen atoms in total. The molecule has 0 saturated heterocycles. The molecule has 0 saturated carbocycles. The highest BCUT2D eigenvalue weighted by atomic mass is 32.2. The zero-order chi connectivity index (χ0) is 16.7. The average molecular weight is 325 g/mol. The molecular formula is C18H19N3OS. The topological polar surface area (TPSA) is 64.9 Å². The number of aryl methyl sites for hydroxylation is 2. The van der Waals surface area contributed by atoms with Crippen LogP contribution in [0.2, 0.25) is 0 Å². The third-order valence-corrected chi connectivity index (χ3v) is 4.07. The van der Waals surface area contributed by atoms with Gasteiger partial charge in [-0.15, -0.1) is 11.8 Å². The summed E-state index contributed by atoms with van der Waals surface area (Å²) in [7, 11) is 0. The second kappa shape index (κ2) is 8.25. The first kappa shape index (κ1) is 16.9. The lowest BCUT2D eigenvalue weighted by molar-refractivity contribution is -0.114. The smallest absolute Gasteiger partial charge is 0.243 e. The van der Waals surface area contributed by atoms with Gasteiger partial charge < -0.3 is 10.6 Å². The summed E-state index contributed by atoms with van der Waals surface area (Å²) in [5.41, 5.74) is 3.99. The van der Waals surface area contributed by atoms with Crippen LogP contribution in [0.15, 0.2) is 47.4 Å². The Kier molecular flexibility index (Phi) is 6.07. The van der Waals surface area contributed by atoms with Gasteiger partial charge in [0.25, 0.3) is 0 Å². The number of thioether (sulfide) groups is 1. The van der Waals surface area contributed by atoms with Gasteiger partial charge in [0.15, 0.2) is 0 Å². The fourth-order valence-electron chi connectivity index (χ4n) is 2.26. The van der Waals surface area contributed by atoms with Crippen molar-refractivity contribution in [1.82, 2.24) is 0 Å². The lowest BCUT2D eigenvalue weighted by Gasteiger charge is -2.11. The van der Waals surface area contributed by atoms with Crippen LogP contribution >= 0.6 is 11.8 Å². The monoisotopic (exact) mass is 325 g/mol. The van der Waals surface area contributed by atoms with Crippen molar-refractivity contribution in [3.8, 4) is 6.07 Å². The van der Waals surface area contributed by atoms with Crippen LogP contribution in [0.3, 0.4) is 0 Å². The van der Waals surface area contributed by atoms with E-state index < -0.39 is 0 Å². The number of carbonyl (C=O) groups is 1. The van der Waals surface area contributed by atoms with Gasteiger partial charge in [0.2, 0.25) is 5.91 Å². The number of nitrogens with one attached hydrogen (secondary N) is 2. The molecule has 1 amide bonds. The summed E-state index contributed by atoms with van der Waals surface area (Å²) in [6.45, 7) is 4.25. The molecule has 0 aliphatic heterocycles. The molecule has 0 spiro atoms. The van der Waals surface area contributed by atoms with Gasteiger partial charge in [0.1, 0.15) is 0 Å². The van der Waals surface area contributed by atoms with E-state index in [4.69, 9.17) is 5.26 Å². The maximum Gasteiger partial charge on any atom is 0.243 e. The largest absolute Gasteiger partial charge is 0.376 e. The highest BCUT2D eigenvalue weighted by molar-refractivity contribution is 7.99. The van der Waals surface area contributed by atoms with Gasteiger partial charge in [-0.3, -0.25) is 4.79 Å². The van der Waals surface area contributed by atoms with Crippen LogP contribution in [0.1, 0.15) is 11.1 Å². The molecule has 5 heteroatoms. The Labute approximate surface area is 140 Å². The molecule has 2 rings (SSSR count). The normalized spacial score (nSPS) is 9.96. The van der Waals surface area contributed by atoms with Crippen LogP contribution < -0.4 is 10.6 Å². The molecule has 118 valence electrons. The second-order valence-electron chi connectivity index (χ2n) is 5.22. The molecule has 0 fully saturated rings. The molecule has 2 N–H and O–H groups in total. The van der Waals surface area contributed by atoms with Crippen molar-refractivity contribution in [3.05, 3.63) is 53.6 Å². The SMILES string of the molecule is Cc1cc(C)cc(NCC(=O)Nc2ccccc2SCC#N)c1. The van der Waals surface area contributed by atoms with E-state index in [0.717, 1.165) is 27.4 Å². The second-order valence-corrected chi connectivity index (χ2v) is 6.24. The number of rotatable bonds is 6. The van der Waals surface area contributed by atoms with Gasteiger partial charge in [-0.2, -0.15) is 5.26 Å². The Hall–Kier alpha value is -2.45. The Morgan fingerprint density at radius 2 is 1.87 bits per heavy atom. The first-order valence-corrected chi connectivity index (χ1v) is 8.28. The predicted octanol–water partition coefficient (Wildman–Crippen LogP) is 3.97. The third kappa shape index (κ3) is 5.35. The van der Waals surface area contributed by atoms with Crippen molar-refractivity contribution in [2.75, 3.05) is 22.9 Å². The Morgan fingerprint density at radius 3 is 2.57 bits per heavy atom. The van der Waals surface area contributed by atoms with Crippen molar-refractivity contribution < 1.29 is 4.79 Å². The first-order chi connectivity index (χ1) is 11.1. The summed E-state index contributed by atoms with van der Waals surface area (Å²) >= 11 is 1.41. The molecule has 0 radical (unpaired) electrons. The fourth-order valence-corrected chi connectivity index (χ4v) is 2.93. The first-order valence-electron chi connectivity index (χ1n) is 7.29. The number of amides is 1. The molecule has 2 aromatic carbocycles. The lowest BCUT2D eigenvalue weighted by atomic mass is 10.1. The van der Waals surface area contributed by atoms with Crippen molar-refractivity contribution in [2.45, 2.75) is 18.7 Å². The molecule has 0 unspecified atom stereocenters. The highest BCUT2D eigenvalue weighted by Gasteiger charge is 2.07. The number of hydrogen-bond acceptors (Lipinski definition) is 4. The van der Waals surface area contributed by atoms with E-state index in [1.54, 1.807) is 0 Å². The lowest BCUT2D eigenvalue weighted by Crippen LogP contribution is -2.22.